The number of H-pyrrole nitrogens is 1. The first-order valence-corrected chi connectivity index (χ1v) is 9.39. The Morgan fingerprint density at radius 1 is 1.42 bits per heavy atom. The molecule has 0 saturated heterocycles. The number of nitrogens with two attached hydrogens (primary N) is 1. The molecule has 4 rings (SSSR count). The van der Waals surface area contributed by atoms with Gasteiger partial charge in [-0.2, -0.15) is 10.2 Å². The van der Waals surface area contributed by atoms with Crippen molar-refractivity contribution in [2.45, 2.75) is 13.3 Å². The Morgan fingerprint density at radius 2 is 2.19 bits per heavy atom. The van der Waals surface area contributed by atoms with Crippen LogP contribution in [0.3, 0.4) is 0 Å². The van der Waals surface area contributed by atoms with Gasteiger partial charge in [-0.05, 0) is 30.2 Å². The van der Waals surface area contributed by atoms with Crippen LogP contribution in [0.15, 0.2) is 47.4 Å². The van der Waals surface area contributed by atoms with Gasteiger partial charge < -0.3 is 18.5 Å². The van der Waals surface area contributed by atoms with Crippen molar-refractivity contribution in [3.8, 4) is 11.1 Å². The van der Waals surface area contributed by atoms with Crippen molar-refractivity contribution in [1.29, 1.82) is 0 Å². The number of hydrogen-bond donors (Lipinski definition) is 3. The number of nitrogens with zero attached hydrogens (tertiary/aromatic N) is 4. The third-order valence-electron chi connectivity index (χ3n) is 4.65. The summed E-state index contributed by atoms with van der Waals surface area (Å²) in [6.45, 7) is 1.97. The quantitative estimate of drug-likeness (QED) is 0.239. The van der Waals surface area contributed by atoms with Gasteiger partial charge in [-0.25, -0.2) is 8.91 Å². The minimum absolute atomic E-state index is 0. The van der Waals surface area contributed by atoms with E-state index in [1.807, 2.05) is 19.1 Å². The minimum atomic E-state index is -0.556. The van der Waals surface area contributed by atoms with Crippen LogP contribution >= 0.6 is 11.6 Å². The molecule has 7 nitrogen and oxygen atoms in total. The topological polar surface area (TPSA) is 96.4 Å². The van der Waals surface area contributed by atoms with E-state index in [0.717, 1.165) is 16.8 Å². The standard InChI is InChI=1S/C20H19ClFN7.CH3.K/c1-3-12(4-6-24-2)26-20-18(22)17(21)16(14-10-25-27-19(14)20)11-5-7-29-13(8-11)9-15(23)28-29;;/h4-10,26H,3H2,1-2H3,(H2,23,28)(H,25,27);1H3;/q;-1;+1/b12-4+,24-6?;;. The predicted molar refractivity (Wildman–Crippen MR) is 122 cm³/mol. The summed E-state index contributed by atoms with van der Waals surface area (Å²) in [5.74, 6) is -0.152. The zero-order chi connectivity index (χ0) is 20.5. The normalized spacial score (nSPS) is 11.7. The Kier molecular flexibility index (Phi) is 8.81. The van der Waals surface area contributed by atoms with Crippen LogP contribution in [-0.2, 0) is 0 Å². The molecule has 0 fully saturated rings. The smallest absolute Gasteiger partial charge is 0.382 e. The van der Waals surface area contributed by atoms with E-state index in [1.165, 1.54) is 0 Å². The number of nitrogens with one attached hydrogen (secondary N) is 2. The molecule has 4 aromatic rings. The number of aliphatic imine (C=N–C) groups is 1. The van der Waals surface area contributed by atoms with Crippen molar-refractivity contribution in [3.05, 3.63) is 60.6 Å². The van der Waals surface area contributed by atoms with Crippen LogP contribution in [0.4, 0.5) is 15.9 Å². The first-order valence-electron chi connectivity index (χ1n) is 9.01. The Hall–Kier alpha value is -1.75. The van der Waals surface area contributed by atoms with Gasteiger partial charge in [0, 0.05) is 42.2 Å². The molecule has 0 bridgehead atoms. The molecule has 0 saturated carbocycles. The second-order valence-corrected chi connectivity index (χ2v) is 6.85. The second-order valence-electron chi connectivity index (χ2n) is 6.47. The number of halogens is 2. The van der Waals surface area contributed by atoms with Gasteiger partial charge in [-0.15, -0.1) is 0 Å². The molecular formula is C21H22ClFKN7. The van der Waals surface area contributed by atoms with Crippen LogP contribution in [0, 0.1) is 13.2 Å². The molecule has 0 aliphatic carbocycles. The van der Waals surface area contributed by atoms with Crippen molar-refractivity contribution in [1.82, 2.24) is 19.8 Å². The Labute approximate surface area is 227 Å². The van der Waals surface area contributed by atoms with E-state index in [1.54, 1.807) is 42.3 Å². The van der Waals surface area contributed by atoms with Gasteiger partial charge in [-0.3, -0.25) is 10.1 Å². The second kappa shape index (κ2) is 10.7. The number of anilines is 2. The van der Waals surface area contributed by atoms with Crippen molar-refractivity contribution in [2.24, 2.45) is 4.99 Å². The van der Waals surface area contributed by atoms with Crippen LogP contribution < -0.4 is 62.4 Å². The van der Waals surface area contributed by atoms with Gasteiger partial charge in [0.05, 0.1) is 22.3 Å². The molecule has 4 N–H and O–H groups in total. The van der Waals surface area contributed by atoms with Crippen molar-refractivity contribution in [3.63, 3.8) is 0 Å². The van der Waals surface area contributed by atoms with E-state index in [4.69, 9.17) is 17.3 Å². The van der Waals surface area contributed by atoms with Crippen LogP contribution in [0.5, 0.6) is 0 Å². The number of hydrogen-bond acceptors (Lipinski definition) is 5. The summed E-state index contributed by atoms with van der Waals surface area (Å²) in [7, 11) is 1.67. The fourth-order valence-corrected chi connectivity index (χ4v) is 3.56. The third-order valence-corrected chi connectivity index (χ3v) is 5.01. The molecular weight excluding hydrogens is 444 g/mol. The van der Waals surface area contributed by atoms with E-state index >= 15 is 4.39 Å². The van der Waals surface area contributed by atoms with Gasteiger partial charge in [-0.1, -0.05) is 18.5 Å². The van der Waals surface area contributed by atoms with E-state index in [0.29, 0.717) is 28.7 Å². The number of aromatic nitrogens is 4. The molecule has 10 heteroatoms. The molecule has 0 aliphatic rings. The summed E-state index contributed by atoms with van der Waals surface area (Å²) in [5, 5.41) is 15.0. The average Bonchev–Trinajstić information content (AvgIpc) is 3.33. The SMILES string of the molecule is CC/C(=C\C=NC)Nc1c(F)c(Cl)c(-c2ccn3nc(N)cc3c2)c2cn[nH]c12.[CH3-].[K+]. The number of allylic oxidation sites excluding steroid dienone is 2. The first-order chi connectivity index (χ1) is 14.0. The van der Waals surface area contributed by atoms with E-state index in [-0.39, 0.29) is 69.5 Å². The molecule has 3 heterocycles. The zero-order valence-corrected chi connectivity index (χ0v) is 21.7. The monoisotopic (exact) mass is 465 g/mol. The summed E-state index contributed by atoms with van der Waals surface area (Å²) < 4.78 is 17.0. The van der Waals surface area contributed by atoms with E-state index < -0.39 is 5.82 Å². The molecule has 3 aromatic heterocycles. The van der Waals surface area contributed by atoms with Gasteiger partial charge in [0.1, 0.15) is 11.5 Å². The van der Waals surface area contributed by atoms with Crippen molar-refractivity contribution in [2.75, 3.05) is 18.1 Å². The van der Waals surface area contributed by atoms with E-state index in [9.17, 15) is 0 Å². The molecule has 1 aromatic carbocycles. The predicted octanol–water partition coefficient (Wildman–Crippen LogP) is 2.11. The fourth-order valence-electron chi connectivity index (χ4n) is 3.26. The van der Waals surface area contributed by atoms with Crippen LogP contribution in [-0.4, -0.2) is 33.1 Å². The molecule has 0 unspecified atom stereocenters. The number of rotatable bonds is 5. The molecule has 0 spiro atoms. The minimum Gasteiger partial charge on any atom is -0.382 e. The molecule has 0 aliphatic heterocycles. The summed E-state index contributed by atoms with van der Waals surface area (Å²) in [4.78, 5) is 3.94. The molecule has 0 amide bonds. The number of pyridine rings is 1. The molecule has 156 valence electrons. The van der Waals surface area contributed by atoms with Crippen molar-refractivity contribution >= 4 is 45.7 Å². The Balaban J connectivity index is 0.00000171. The van der Waals surface area contributed by atoms with Gasteiger partial charge in [0.15, 0.2) is 5.82 Å². The van der Waals surface area contributed by atoms with Gasteiger partial charge in [0.25, 0.3) is 0 Å². The Morgan fingerprint density at radius 3 is 2.90 bits per heavy atom. The largest absolute Gasteiger partial charge is 1.00 e. The maximum Gasteiger partial charge on any atom is 1.00 e. The molecule has 0 radical (unpaired) electrons. The third kappa shape index (κ3) is 4.86. The summed E-state index contributed by atoms with van der Waals surface area (Å²) in [6, 6.07) is 5.41. The zero-order valence-electron chi connectivity index (χ0n) is 17.9. The fraction of sp³-hybridized carbons (Fsp3) is 0.143. The molecule has 0 atom stereocenters. The van der Waals surface area contributed by atoms with Gasteiger partial charge >= 0.3 is 51.4 Å². The molecule has 31 heavy (non-hydrogen) atoms. The van der Waals surface area contributed by atoms with Crippen molar-refractivity contribution < 1.29 is 55.8 Å². The van der Waals surface area contributed by atoms with E-state index in [2.05, 4.69) is 25.6 Å². The average molecular weight is 466 g/mol. The summed E-state index contributed by atoms with van der Waals surface area (Å²) >= 11 is 6.51. The van der Waals surface area contributed by atoms with Crippen LogP contribution in [0.2, 0.25) is 5.02 Å². The summed E-state index contributed by atoms with van der Waals surface area (Å²) in [5.41, 5.74) is 9.42. The van der Waals surface area contributed by atoms with Crippen LogP contribution in [0.1, 0.15) is 13.3 Å². The summed E-state index contributed by atoms with van der Waals surface area (Å²) in [6.07, 6.45) is 7.51. The number of aromatic amines is 1. The Bertz CT molecular complexity index is 1280. The number of fused-ring (bicyclic) bond motifs is 2. The maximum absolute atomic E-state index is 15.4. The number of nitrogen functional groups attached to an aromatic ring is 1. The number of benzene rings is 1. The maximum atomic E-state index is 15.4. The first kappa shape index (κ1) is 25.5. The van der Waals surface area contributed by atoms with Crippen LogP contribution in [0.25, 0.3) is 27.5 Å². The van der Waals surface area contributed by atoms with Gasteiger partial charge in [0.2, 0.25) is 0 Å².